The molecule has 9 heteroatoms. The van der Waals surface area contributed by atoms with Crippen LogP contribution in [0.1, 0.15) is 23.8 Å². The maximum Gasteiger partial charge on any atom is 0.263 e. The lowest BCUT2D eigenvalue weighted by Crippen LogP contribution is -2.34. The van der Waals surface area contributed by atoms with Crippen LogP contribution in [0, 0.1) is 5.82 Å². The molecule has 3 heterocycles. The van der Waals surface area contributed by atoms with Gasteiger partial charge in [-0.25, -0.2) is 14.4 Å². The number of rotatable bonds is 4. The fourth-order valence-corrected chi connectivity index (χ4v) is 3.85. The van der Waals surface area contributed by atoms with Crippen LogP contribution in [0.25, 0.3) is 10.9 Å². The maximum atomic E-state index is 13.4. The van der Waals surface area contributed by atoms with Gasteiger partial charge in [0.15, 0.2) is 0 Å². The van der Waals surface area contributed by atoms with Crippen LogP contribution >= 0.6 is 11.6 Å². The van der Waals surface area contributed by atoms with Crippen molar-refractivity contribution in [3.8, 4) is 0 Å². The Kier molecular flexibility index (Phi) is 5.07. The number of carbonyl (C=O) groups is 1. The molecule has 1 amide bonds. The standard InChI is InChI=1S/C23H16ClFN4O3/c24-15-5-3-14(4-6-15)18-11-20(21-2-1-9-32-21)29(27-18)22(30)12-28-13-26-19-10-16(25)7-8-17(19)23(28)31/h1-10,13,20H,11-12H2/t20-/m0/s1. The number of amides is 1. The molecule has 32 heavy (non-hydrogen) atoms. The zero-order valence-electron chi connectivity index (χ0n) is 16.6. The van der Waals surface area contributed by atoms with Crippen molar-refractivity contribution in [2.75, 3.05) is 0 Å². The molecule has 0 saturated carbocycles. The van der Waals surface area contributed by atoms with Gasteiger partial charge in [-0.05, 0) is 42.0 Å². The van der Waals surface area contributed by atoms with Crippen molar-refractivity contribution in [3.63, 3.8) is 0 Å². The molecule has 1 aliphatic rings. The van der Waals surface area contributed by atoms with Crippen molar-refractivity contribution in [3.05, 3.63) is 99.7 Å². The van der Waals surface area contributed by atoms with E-state index in [4.69, 9.17) is 16.0 Å². The Morgan fingerprint density at radius 3 is 2.75 bits per heavy atom. The van der Waals surface area contributed by atoms with Crippen molar-refractivity contribution in [2.45, 2.75) is 19.0 Å². The Morgan fingerprint density at radius 1 is 1.19 bits per heavy atom. The fourth-order valence-electron chi connectivity index (χ4n) is 3.72. The minimum Gasteiger partial charge on any atom is -0.467 e. The van der Waals surface area contributed by atoms with Crippen molar-refractivity contribution >= 4 is 34.1 Å². The number of nitrogens with zero attached hydrogens (tertiary/aromatic N) is 4. The van der Waals surface area contributed by atoms with Gasteiger partial charge in [0.25, 0.3) is 11.5 Å². The van der Waals surface area contributed by atoms with E-state index in [0.717, 1.165) is 5.56 Å². The molecule has 2 aromatic heterocycles. The molecule has 0 bridgehead atoms. The number of furan rings is 1. The summed E-state index contributed by atoms with van der Waals surface area (Å²) < 4.78 is 20.2. The number of hydrogen-bond acceptors (Lipinski definition) is 5. The van der Waals surface area contributed by atoms with E-state index in [1.54, 1.807) is 24.3 Å². The van der Waals surface area contributed by atoms with E-state index in [2.05, 4.69) is 10.1 Å². The van der Waals surface area contributed by atoms with Gasteiger partial charge < -0.3 is 4.42 Å². The normalized spacial score (nSPS) is 15.9. The Balaban J connectivity index is 1.48. The second-order valence-electron chi connectivity index (χ2n) is 7.37. The van der Waals surface area contributed by atoms with E-state index >= 15 is 0 Å². The highest BCUT2D eigenvalue weighted by atomic mass is 35.5. The lowest BCUT2D eigenvalue weighted by molar-refractivity contribution is -0.134. The molecular formula is C23H16ClFN4O3. The van der Waals surface area contributed by atoms with E-state index in [1.807, 2.05) is 12.1 Å². The number of carbonyl (C=O) groups excluding carboxylic acids is 1. The predicted molar refractivity (Wildman–Crippen MR) is 117 cm³/mol. The Bertz CT molecular complexity index is 1400. The van der Waals surface area contributed by atoms with E-state index in [0.29, 0.717) is 22.9 Å². The predicted octanol–water partition coefficient (Wildman–Crippen LogP) is 4.16. The van der Waals surface area contributed by atoms with Crippen LogP contribution in [0.3, 0.4) is 0 Å². The molecule has 0 saturated heterocycles. The number of aromatic nitrogens is 2. The molecule has 0 N–H and O–H groups in total. The molecule has 160 valence electrons. The number of halogens is 2. The van der Waals surface area contributed by atoms with E-state index in [1.165, 1.54) is 40.4 Å². The average molecular weight is 451 g/mol. The van der Waals surface area contributed by atoms with Crippen LogP contribution in [0.2, 0.25) is 5.02 Å². The second kappa shape index (κ2) is 8.05. The topological polar surface area (TPSA) is 80.7 Å². The summed E-state index contributed by atoms with van der Waals surface area (Å²) in [6, 6.07) is 14.0. The van der Waals surface area contributed by atoms with Crippen LogP contribution in [-0.4, -0.2) is 26.2 Å². The molecule has 0 aliphatic carbocycles. The van der Waals surface area contributed by atoms with Gasteiger partial charge in [-0.3, -0.25) is 14.2 Å². The SMILES string of the molecule is O=C(Cn1cnc2cc(F)ccc2c1=O)N1N=C(c2ccc(Cl)cc2)C[C@H]1c1ccco1. The summed E-state index contributed by atoms with van der Waals surface area (Å²) in [5, 5.41) is 6.71. The highest BCUT2D eigenvalue weighted by molar-refractivity contribution is 6.30. The highest BCUT2D eigenvalue weighted by Crippen LogP contribution is 2.33. The summed E-state index contributed by atoms with van der Waals surface area (Å²) in [4.78, 5) is 30.1. The lowest BCUT2D eigenvalue weighted by Gasteiger charge is -2.20. The van der Waals surface area contributed by atoms with Crippen LogP contribution in [-0.2, 0) is 11.3 Å². The summed E-state index contributed by atoms with van der Waals surface area (Å²) in [6.45, 7) is -0.270. The first-order valence-corrected chi connectivity index (χ1v) is 10.2. The largest absolute Gasteiger partial charge is 0.467 e. The molecule has 4 aromatic rings. The molecule has 0 radical (unpaired) electrons. The van der Waals surface area contributed by atoms with E-state index < -0.39 is 23.3 Å². The van der Waals surface area contributed by atoms with Gasteiger partial charge in [-0.1, -0.05) is 23.7 Å². The third-order valence-electron chi connectivity index (χ3n) is 5.31. The van der Waals surface area contributed by atoms with Gasteiger partial charge in [-0.2, -0.15) is 5.10 Å². The molecular weight excluding hydrogens is 435 g/mol. The van der Waals surface area contributed by atoms with Crippen LogP contribution in [0.15, 0.2) is 81.5 Å². The van der Waals surface area contributed by atoms with Crippen molar-refractivity contribution < 1.29 is 13.6 Å². The number of hydrazone groups is 1. The van der Waals surface area contributed by atoms with E-state index in [-0.39, 0.29) is 17.4 Å². The Morgan fingerprint density at radius 2 is 2.00 bits per heavy atom. The monoisotopic (exact) mass is 450 g/mol. The molecule has 0 spiro atoms. The number of benzene rings is 2. The molecule has 1 aliphatic heterocycles. The zero-order chi connectivity index (χ0) is 22.2. The summed E-state index contributed by atoms with van der Waals surface area (Å²) in [5.74, 6) is -0.299. The third kappa shape index (κ3) is 3.69. The average Bonchev–Trinajstić information content (AvgIpc) is 3.46. The summed E-state index contributed by atoms with van der Waals surface area (Å²) in [5.41, 5.74) is 1.35. The van der Waals surface area contributed by atoms with Crippen molar-refractivity contribution in [1.82, 2.24) is 14.6 Å². The quantitative estimate of drug-likeness (QED) is 0.467. The lowest BCUT2D eigenvalue weighted by atomic mass is 10.0. The van der Waals surface area contributed by atoms with E-state index in [9.17, 15) is 14.0 Å². The van der Waals surface area contributed by atoms with Crippen LogP contribution in [0.4, 0.5) is 4.39 Å². The van der Waals surface area contributed by atoms with Gasteiger partial charge >= 0.3 is 0 Å². The van der Waals surface area contributed by atoms with Gasteiger partial charge in [-0.15, -0.1) is 0 Å². The van der Waals surface area contributed by atoms with Crippen LogP contribution < -0.4 is 5.56 Å². The molecule has 2 aromatic carbocycles. The highest BCUT2D eigenvalue weighted by Gasteiger charge is 2.35. The molecule has 5 rings (SSSR count). The molecule has 1 atom stereocenters. The van der Waals surface area contributed by atoms with Crippen molar-refractivity contribution in [2.24, 2.45) is 5.10 Å². The molecule has 0 unspecified atom stereocenters. The number of fused-ring (bicyclic) bond motifs is 1. The smallest absolute Gasteiger partial charge is 0.263 e. The van der Waals surface area contributed by atoms with Crippen LogP contribution in [0.5, 0.6) is 0 Å². The number of hydrogen-bond donors (Lipinski definition) is 0. The van der Waals surface area contributed by atoms with Gasteiger partial charge in [0, 0.05) is 17.5 Å². The maximum absolute atomic E-state index is 13.4. The molecule has 7 nitrogen and oxygen atoms in total. The van der Waals surface area contributed by atoms with Gasteiger partial charge in [0.05, 0.1) is 29.2 Å². The fraction of sp³-hybridized carbons (Fsp3) is 0.130. The van der Waals surface area contributed by atoms with Gasteiger partial charge in [0.1, 0.15) is 24.2 Å². The Labute approximate surface area is 186 Å². The Hall–Kier alpha value is -3.78. The first-order valence-electron chi connectivity index (χ1n) is 9.83. The van der Waals surface area contributed by atoms with Gasteiger partial charge in [0.2, 0.25) is 0 Å². The third-order valence-corrected chi connectivity index (χ3v) is 5.56. The van der Waals surface area contributed by atoms with Crippen molar-refractivity contribution in [1.29, 1.82) is 0 Å². The summed E-state index contributed by atoms with van der Waals surface area (Å²) >= 11 is 5.98. The minimum atomic E-state index is -0.486. The first kappa shape index (κ1) is 20.1. The summed E-state index contributed by atoms with van der Waals surface area (Å²) in [6.07, 6.45) is 3.23. The first-order chi connectivity index (χ1) is 15.5. The minimum absolute atomic E-state index is 0.232. The molecule has 0 fully saturated rings. The second-order valence-corrected chi connectivity index (χ2v) is 7.80. The zero-order valence-corrected chi connectivity index (χ0v) is 17.4. The summed E-state index contributed by atoms with van der Waals surface area (Å²) in [7, 11) is 0.